The Morgan fingerprint density at radius 2 is 2.23 bits per heavy atom. The standard InChI is InChI=1S/C20H18N2O3S/c1-12-2-5-15-9-13(3-6-14(15)8-12)4-7-17(23)22-18-16(10-21)11-26-19(18)20(24)25/h2-3,5-6,9,11-12H,4,7-8H2,1H3,(H,22,23)(H,24,25). The maximum atomic E-state index is 12.2. The fourth-order valence-corrected chi connectivity index (χ4v) is 3.79. The van der Waals surface area contributed by atoms with Gasteiger partial charge in [0.2, 0.25) is 5.91 Å². The zero-order valence-electron chi connectivity index (χ0n) is 14.3. The fraction of sp³-hybridized carbons (Fsp3) is 0.250. The number of amides is 1. The van der Waals surface area contributed by atoms with Gasteiger partial charge >= 0.3 is 5.97 Å². The van der Waals surface area contributed by atoms with E-state index in [0.717, 1.165) is 23.3 Å². The van der Waals surface area contributed by atoms with Crippen LogP contribution in [-0.2, 0) is 17.6 Å². The van der Waals surface area contributed by atoms with E-state index < -0.39 is 5.97 Å². The number of rotatable bonds is 5. The number of aryl methyl sites for hydroxylation is 1. The number of thiophene rings is 1. The first-order valence-electron chi connectivity index (χ1n) is 8.32. The molecule has 1 unspecified atom stereocenters. The van der Waals surface area contributed by atoms with Crippen molar-refractivity contribution in [2.45, 2.75) is 26.2 Å². The number of carboxylic acid groups (broad SMARTS) is 1. The average Bonchev–Trinajstić information content (AvgIpc) is 3.02. The molecule has 0 saturated carbocycles. The summed E-state index contributed by atoms with van der Waals surface area (Å²) in [7, 11) is 0. The van der Waals surface area contributed by atoms with Crippen molar-refractivity contribution in [3.05, 3.63) is 56.8 Å². The largest absolute Gasteiger partial charge is 0.477 e. The van der Waals surface area contributed by atoms with Crippen molar-refractivity contribution in [1.82, 2.24) is 0 Å². The van der Waals surface area contributed by atoms with Gasteiger partial charge in [-0.25, -0.2) is 4.79 Å². The predicted octanol–water partition coefficient (Wildman–Crippen LogP) is 4.09. The number of benzene rings is 1. The Kier molecular flexibility index (Phi) is 5.19. The lowest BCUT2D eigenvalue weighted by Crippen LogP contribution is -2.15. The van der Waals surface area contributed by atoms with E-state index in [-0.39, 0.29) is 28.5 Å². The van der Waals surface area contributed by atoms with Crippen LogP contribution in [-0.4, -0.2) is 17.0 Å². The van der Waals surface area contributed by atoms with Crippen LogP contribution in [0.3, 0.4) is 0 Å². The van der Waals surface area contributed by atoms with E-state index in [4.69, 9.17) is 10.4 Å². The number of anilines is 1. The lowest BCUT2D eigenvalue weighted by atomic mass is 9.89. The molecule has 1 aliphatic carbocycles. The number of carboxylic acids is 1. The molecular weight excluding hydrogens is 348 g/mol. The van der Waals surface area contributed by atoms with Crippen molar-refractivity contribution >= 4 is 35.0 Å². The van der Waals surface area contributed by atoms with Gasteiger partial charge in [-0.1, -0.05) is 37.3 Å². The number of nitriles is 1. The van der Waals surface area contributed by atoms with E-state index in [9.17, 15) is 9.59 Å². The monoisotopic (exact) mass is 366 g/mol. The van der Waals surface area contributed by atoms with Crippen molar-refractivity contribution in [3.8, 4) is 6.07 Å². The van der Waals surface area contributed by atoms with Gasteiger partial charge in [0.25, 0.3) is 0 Å². The van der Waals surface area contributed by atoms with Gasteiger partial charge in [-0.05, 0) is 35.4 Å². The minimum Gasteiger partial charge on any atom is -0.477 e. The molecule has 0 bridgehead atoms. The van der Waals surface area contributed by atoms with Crippen molar-refractivity contribution in [3.63, 3.8) is 0 Å². The van der Waals surface area contributed by atoms with E-state index in [1.54, 1.807) is 0 Å². The number of hydrogen-bond acceptors (Lipinski definition) is 4. The van der Waals surface area contributed by atoms with Crippen molar-refractivity contribution in [1.29, 1.82) is 5.26 Å². The Morgan fingerprint density at radius 3 is 2.96 bits per heavy atom. The summed E-state index contributed by atoms with van der Waals surface area (Å²) in [6, 6.07) is 8.15. The second kappa shape index (κ2) is 7.54. The zero-order chi connectivity index (χ0) is 18.7. The van der Waals surface area contributed by atoms with Gasteiger partial charge in [0.15, 0.2) is 0 Å². The van der Waals surface area contributed by atoms with Crippen LogP contribution in [0.2, 0.25) is 0 Å². The Balaban J connectivity index is 1.66. The molecule has 0 spiro atoms. The van der Waals surface area contributed by atoms with Crippen LogP contribution in [0.5, 0.6) is 0 Å². The third kappa shape index (κ3) is 3.84. The van der Waals surface area contributed by atoms with Crippen LogP contribution in [0.15, 0.2) is 29.7 Å². The molecule has 1 aromatic carbocycles. The molecule has 2 N–H and O–H groups in total. The fourth-order valence-electron chi connectivity index (χ4n) is 3.01. The highest BCUT2D eigenvalue weighted by Gasteiger charge is 2.19. The number of carbonyl (C=O) groups is 2. The highest BCUT2D eigenvalue weighted by Crippen LogP contribution is 2.28. The highest BCUT2D eigenvalue weighted by molar-refractivity contribution is 7.12. The topological polar surface area (TPSA) is 90.2 Å². The van der Waals surface area contributed by atoms with Crippen LogP contribution in [0.4, 0.5) is 5.69 Å². The first-order valence-corrected chi connectivity index (χ1v) is 9.20. The van der Waals surface area contributed by atoms with Gasteiger partial charge in [-0.2, -0.15) is 5.26 Å². The van der Waals surface area contributed by atoms with Gasteiger partial charge in [-0.15, -0.1) is 11.3 Å². The normalized spacial score (nSPS) is 15.2. The minimum absolute atomic E-state index is 0.0251. The summed E-state index contributed by atoms with van der Waals surface area (Å²) in [5.41, 5.74) is 3.84. The molecular formula is C20H18N2O3S. The number of nitrogens with one attached hydrogen (secondary N) is 1. The Morgan fingerprint density at radius 1 is 1.42 bits per heavy atom. The van der Waals surface area contributed by atoms with E-state index in [1.807, 2.05) is 12.1 Å². The highest BCUT2D eigenvalue weighted by atomic mass is 32.1. The molecule has 3 rings (SSSR count). The molecule has 1 atom stereocenters. The molecule has 0 fully saturated rings. The lowest BCUT2D eigenvalue weighted by Gasteiger charge is -2.16. The first kappa shape index (κ1) is 17.9. The summed E-state index contributed by atoms with van der Waals surface area (Å²) < 4.78 is 0. The van der Waals surface area contributed by atoms with Crippen molar-refractivity contribution in [2.24, 2.45) is 5.92 Å². The van der Waals surface area contributed by atoms with E-state index >= 15 is 0 Å². The van der Waals surface area contributed by atoms with E-state index in [1.165, 1.54) is 16.5 Å². The smallest absolute Gasteiger partial charge is 0.348 e. The predicted molar refractivity (Wildman–Crippen MR) is 101 cm³/mol. The number of fused-ring (bicyclic) bond motifs is 1. The Bertz CT molecular complexity index is 937. The molecule has 0 saturated heterocycles. The second-order valence-corrected chi connectivity index (χ2v) is 7.27. The summed E-state index contributed by atoms with van der Waals surface area (Å²) in [5, 5.41) is 22.3. The molecule has 1 aliphatic rings. The maximum Gasteiger partial charge on any atom is 0.348 e. The molecule has 1 aromatic heterocycles. The molecule has 0 aliphatic heterocycles. The molecule has 1 amide bonds. The molecule has 26 heavy (non-hydrogen) atoms. The average molecular weight is 366 g/mol. The molecule has 2 aromatic rings. The number of aromatic carboxylic acids is 1. The SMILES string of the molecule is CC1C=Cc2cc(CCC(=O)Nc3c(C#N)csc3C(=O)O)ccc2C1. The maximum absolute atomic E-state index is 12.2. The third-order valence-corrected chi connectivity index (χ3v) is 5.34. The summed E-state index contributed by atoms with van der Waals surface area (Å²) in [4.78, 5) is 23.4. The summed E-state index contributed by atoms with van der Waals surface area (Å²) >= 11 is 0.937. The van der Waals surface area contributed by atoms with Crippen LogP contribution in [0.25, 0.3) is 6.08 Å². The summed E-state index contributed by atoms with van der Waals surface area (Å²) in [6.07, 6.45) is 6.11. The van der Waals surface area contributed by atoms with Crippen LogP contribution in [0, 0.1) is 17.2 Å². The number of nitrogens with zero attached hydrogens (tertiary/aromatic N) is 1. The number of hydrogen-bond donors (Lipinski definition) is 2. The molecule has 6 heteroatoms. The summed E-state index contributed by atoms with van der Waals surface area (Å²) in [5.74, 6) is -0.908. The van der Waals surface area contributed by atoms with Crippen LogP contribution >= 0.6 is 11.3 Å². The molecule has 5 nitrogen and oxygen atoms in total. The van der Waals surface area contributed by atoms with Crippen LogP contribution < -0.4 is 5.32 Å². The lowest BCUT2D eigenvalue weighted by molar-refractivity contribution is -0.116. The van der Waals surface area contributed by atoms with Gasteiger partial charge in [0, 0.05) is 11.8 Å². The molecule has 0 radical (unpaired) electrons. The summed E-state index contributed by atoms with van der Waals surface area (Å²) in [6.45, 7) is 2.18. The molecule has 1 heterocycles. The first-order chi connectivity index (χ1) is 12.5. The third-order valence-electron chi connectivity index (χ3n) is 4.37. The van der Waals surface area contributed by atoms with E-state index in [0.29, 0.717) is 12.3 Å². The van der Waals surface area contributed by atoms with E-state index in [2.05, 4.69) is 36.5 Å². The number of carbonyl (C=O) groups excluding carboxylic acids is 1. The van der Waals surface area contributed by atoms with Gasteiger partial charge in [-0.3, -0.25) is 4.79 Å². The molecule has 132 valence electrons. The van der Waals surface area contributed by atoms with Gasteiger partial charge in [0.05, 0.1) is 11.3 Å². The van der Waals surface area contributed by atoms with Gasteiger partial charge in [0.1, 0.15) is 10.9 Å². The van der Waals surface area contributed by atoms with Crippen LogP contribution in [0.1, 0.15) is 45.3 Å². The van der Waals surface area contributed by atoms with Gasteiger partial charge < -0.3 is 10.4 Å². The Labute approximate surface area is 155 Å². The van der Waals surface area contributed by atoms with Crippen molar-refractivity contribution < 1.29 is 14.7 Å². The quantitative estimate of drug-likeness (QED) is 0.834. The minimum atomic E-state index is -1.15. The second-order valence-electron chi connectivity index (χ2n) is 6.39. The zero-order valence-corrected chi connectivity index (χ0v) is 15.1. The Hall–Kier alpha value is -2.91. The van der Waals surface area contributed by atoms with Crippen molar-refractivity contribution in [2.75, 3.05) is 5.32 Å². The number of allylic oxidation sites excluding steroid dienone is 1.